The van der Waals surface area contributed by atoms with Crippen molar-refractivity contribution < 1.29 is 14.7 Å². The fraction of sp³-hybridized carbons (Fsp3) is 0.500. The summed E-state index contributed by atoms with van der Waals surface area (Å²) in [6.07, 6.45) is 1.24. The van der Waals surface area contributed by atoms with Gasteiger partial charge < -0.3 is 10.0 Å². The van der Waals surface area contributed by atoms with Crippen LogP contribution in [0.25, 0.3) is 0 Å². The summed E-state index contributed by atoms with van der Waals surface area (Å²) in [4.78, 5) is 48.9. The number of nitrogens with one attached hydrogen (secondary N) is 1. The van der Waals surface area contributed by atoms with E-state index in [1.165, 1.54) is 11.1 Å². The number of H-pyrrole nitrogens is 1. The predicted octanol–water partition coefficient (Wildman–Crippen LogP) is -1.28. The molecule has 1 aromatic heterocycles. The van der Waals surface area contributed by atoms with E-state index >= 15 is 0 Å². The molecule has 2 atom stereocenters. The molecule has 2 rings (SSSR count). The summed E-state index contributed by atoms with van der Waals surface area (Å²) >= 11 is 0. The minimum Gasteiger partial charge on any atom is -0.481 e. The molecule has 1 aromatic rings. The van der Waals surface area contributed by atoms with Crippen LogP contribution in [0.3, 0.4) is 0 Å². The quantitative estimate of drug-likeness (QED) is 0.716. The molecule has 1 saturated heterocycles. The highest BCUT2D eigenvalue weighted by molar-refractivity contribution is 5.78. The van der Waals surface area contributed by atoms with Crippen LogP contribution in [0.4, 0.5) is 0 Å². The zero-order valence-electron chi connectivity index (χ0n) is 10.9. The second kappa shape index (κ2) is 5.32. The minimum atomic E-state index is -0.922. The number of nitrogens with zero attached hydrogens (tertiary/aromatic N) is 2. The van der Waals surface area contributed by atoms with Crippen molar-refractivity contribution in [2.45, 2.75) is 13.5 Å². The molecule has 1 amide bonds. The molecule has 1 aliphatic heterocycles. The number of carbonyl (C=O) groups is 2. The number of likely N-dealkylation sites (tertiary alicyclic amines) is 1. The van der Waals surface area contributed by atoms with Crippen molar-refractivity contribution in [2.75, 3.05) is 13.1 Å². The maximum atomic E-state index is 12.0. The molecule has 8 nitrogen and oxygen atoms in total. The van der Waals surface area contributed by atoms with Gasteiger partial charge in [-0.3, -0.25) is 23.9 Å². The first-order valence-corrected chi connectivity index (χ1v) is 6.19. The lowest BCUT2D eigenvalue weighted by atomic mass is 9.99. The van der Waals surface area contributed by atoms with Crippen molar-refractivity contribution in [3.63, 3.8) is 0 Å². The van der Waals surface area contributed by atoms with Crippen LogP contribution in [0.15, 0.2) is 21.9 Å². The third kappa shape index (κ3) is 2.79. The number of hydrogen-bond acceptors (Lipinski definition) is 4. The van der Waals surface area contributed by atoms with Gasteiger partial charge in [0.15, 0.2) is 0 Å². The Morgan fingerprint density at radius 1 is 1.40 bits per heavy atom. The van der Waals surface area contributed by atoms with Crippen LogP contribution >= 0.6 is 0 Å². The molecule has 0 aromatic carbocycles. The number of carboxylic acids is 1. The van der Waals surface area contributed by atoms with Gasteiger partial charge in [0, 0.05) is 25.4 Å². The van der Waals surface area contributed by atoms with Crippen LogP contribution < -0.4 is 11.2 Å². The Hall–Kier alpha value is -2.38. The molecule has 0 unspecified atom stereocenters. The van der Waals surface area contributed by atoms with Crippen LogP contribution in [-0.2, 0) is 16.1 Å². The number of carboxylic acid groups (broad SMARTS) is 1. The molecule has 0 spiro atoms. The first kappa shape index (κ1) is 14.0. The molecule has 2 heterocycles. The number of aliphatic carboxylic acids is 1. The van der Waals surface area contributed by atoms with E-state index in [1.807, 2.05) is 0 Å². The highest BCUT2D eigenvalue weighted by atomic mass is 16.4. The topological polar surface area (TPSA) is 112 Å². The summed E-state index contributed by atoms with van der Waals surface area (Å²) in [6.45, 7) is 2.06. The van der Waals surface area contributed by atoms with E-state index in [2.05, 4.69) is 4.98 Å². The Labute approximate surface area is 113 Å². The second-order valence-electron chi connectivity index (χ2n) is 4.96. The van der Waals surface area contributed by atoms with E-state index in [0.717, 1.165) is 10.6 Å². The van der Waals surface area contributed by atoms with E-state index in [0.29, 0.717) is 6.54 Å². The first-order valence-electron chi connectivity index (χ1n) is 6.19. The molecular formula is C12H15N3O5. The number of rotatable bonds is 3. The maximum Gasteiger partial charge on any atom is 0.328 e. The highest BCUT2D eigenvalue weighted by Gasteiger charge is 2.36. The highest BCUT2D eigenvalue weighted by Crippen LogP contribution is 2.23. The maximum absolute atomic E-state index is 12.0. The zero-order chi connectivity index (χ0) is 14.9. The standard InChI is InChI=1S/C12H15N3O5/c1-7-4-15(5-8(7)11(18)19)10(17)6-14-3-2-9(16)13-12(14)20/h2-3,7-8H,4-6H2,1H3,(H,18,19)(H,13,16,20)/t7-,8-/m1/s1. The summed E-state index contributed by atoms with van der Waals surface area (Å²) in [5.41, 5.74) is -1.19. The molecule has 108 valence electrons. The average Bonchev–Trinajstić information content (AvgIpc) is 2.75. The Morgan fingerprint density at radius 3 is 2.65 bits per heavy atom. The summed E-state index contributed by atoms with van der Waals surface area (Å²) in [5.74, 6) is -1.96. The number of aromatic amines is 1. The fourth-order valence-electron chi connectivity index (χ4n) is 2.31. The second-order valence-corrected chi connectivity index (χ2v) is 4.96. The molecular weight excluding hydrogens is 266 g/mol. The number of aromatic nitrogens is 2. The molecule has 8 heteroatoms. The van der Waals surface area contributed by atoms with E-state index in [-0.39, 0.29) is 24.9 Å². The van der Waals surface area contributed by atoms with E-state index in [1.54, 1.807) is 6.92 Å². The van der Waals surface area contributed by atoms with Gasteiger partial charge in [0.05, 0.1) is 5.92 Å². The molecule has 1 aliphatic rings. The van der Waals surface area contributed by atoms with Crippen molar-refractivity contribution in [3.05, 3.63) is 33.1 Å². The monoisotopic (exact) mass is 281 g/mol. The van der Waals surface area contributed by atoms with Crippen LogP contribution in [0, 0.1) is 11.8 Å². The van der Waals surface area contributed by atoms with Gasteiger partial charge >= 0.3 is 11.7 Å². The summed E-state index contributed by atoms with van der Waals surface area (Å²) in [6, 6.07) is 1.15. The lowest BCUT2D eigenvalue weighted by molar-refractivity contribution is -0.142. The van der Waals surface area contributed by atoms with Gasteiger partial charge in [-0.1, -0.05) is 6.92 Å². The fourth-order valence-corrected chi connectivity index (χ4v) is 2.31. The van der Waals surface area contributed by atoms with Crippen molar-refractivity contribution >= 4 is 11.9 Å². The summed E-state index contributed by atoms with van der Waals surface area (Å²) in [7, 11) is 0. The molecule has 0 bridgehead atoms. The van der Waals surface area contributed by atoms with Gasteiger partial charge in [0.25, 0.3) is 5.56 Å². The Morgan fingerprint density at radius 2 is 2.10 bits per heavy atom. The number of carbonyl (C=O) groups excluding carboxylic acids is 1. The van der Waals surface area contributed by atoms with Gasteiger partial charge in [-0.2, -0.15) is 0 Å². The number of hydrogen-bond donors (Lipinski definition) is 2. The molecule has 2 N–H and O–H groups in total. The molecule has 20 heavy (non-hydrogen) atoms. The van der Waals surface area contributed by atoms with Crippen molar-refractivity contribution in [3.8, 4) is 0 Å². The summed E-state index contributed by atoms with van der Waals surface area (Å²) in [5, 5.41) is 9.01. The van der Waals surface area contributed by atoms with Crippen molar-refractivity contribution in [1.29, 1.82) is 0 Å². The van der Waals surface area contributed by atoms with Crippen molar-refractivity contribution in [1.82, 2.24) is 14.5 Å². The Kier molecular flexibility index (Phi) is 3.73. The molecule has 0 aliphatic carbocycles. The minimum absolute atomic E-state index is 0.122. The summed E-state index contributed by atoms with van der Waals surface area (Å²) < 4.78 is 1.09. The van der Waals surface area contributed by atoms with Gasteiger partial charge in [-0.15, -0.1) is 0 Å². The lowest BCUT2D eigenvalue weighted by Crippen LogP contribution is -2.37. The van der Waals surface area contributed by atoms with Gasteiger partial charge in [0.1, 0.15) is 6.54 Å². The van der Waals surface area contributed by atoms with Crippen molar-refractivity contribution in [2.24, 2.45) is 11.8 Å². The third-order valence-corrected chi connectivity index (χ3v) is 3.48. The van der Waals surface area contributed by atoms with Crippen LogP contribution in [0.2, 0.25) is 0 Å². The average molecular weight is 281 g/mol. The molecule has 1 fully saturated rings. The first-order chi connectivity index (χ1) is 9.38. The van der Waals surface area contributed by atoms with Crippen LogP contribution in [0.1, 0.15) is 6.92 Å². The normalized spacial score (nSPS) is 21.9. The Bertz CT molecular complexity index is 647. The van der Waals surface area contributed by atoms with E-state index in [4.69, 9.17) is 5.11 Å². The van der Waals surface area contributed by atoms with Gasteiger partial charge in [-0.25, -0.2) is 4.79 Å². The zero-order valence-corrected chi connectivity index (χ0v) is 10.9. The molecule has 0 radical (unpaired) electrons. The lowest BCUT2D eigenvalue weighted by Gasteiger charge is -2.16. The van der Waals surface area contributed by atoms with Crippen LogP contribution in [0.5, 0.6) is 0 Å². The Balaban J connectivity index is 2.08. The van der Waals surface area contributed by atoms with Crippen LogP contribution in [-0.4, -0.2) is 44.5 Å². The number of amides is 1. The SMILES string of the molecule is C[C@@H]1CN(C(=O)Cn2ccc(=O)[nH]c2=O)C[C@H]1C(=O)O. The van der Waals surface area contributed by atoms with E-state index < -0.39 is 23.1 Å². The van der Waals surface area contributed by atoms with E-state index in [9.17, 15) is 19.2 Å². The molecule has 0 saturated carbocycles. The van der Waals surface area contributed by atoms with Gasteiger partial charge in [-0.05, 0) is 5.92 Å². The predicted molar refractivity (Wildman–Crippen MR) is 68.2 cm³/mol. The largest absolute Gasteiger partial charge is 0.481 e. The smallest absolute Gasteiger partial charge is 0.328 e. The third-order valence-electron chi connectivity index (χ3n) is 3.48. The van der Waals surface area contributed by atoms with Gasteiger partial charge in [0.2, 0.25) is 5.91 Å².